The predicted octanol–water partition coefficient (Wildman–Crippen LogP) is 1.27. The number of nitrogens with two attached hydrogens (primary N) is 1. The average molecular weight is 695 g/mol. The summed E-state index contributed by atoms with van der Waals surface area (Å²) in [5.74, 6) is -4.97. The van der Waals surface area contributed by atoms with Crippen LogP contribution in [0, 0.1) is 17.8 Å². The number of unbranched alkanes of at least 4 members (excludes halogenated alkanes) is 3. The van der Waals surface area contributed by atoms with Crippen LogP contribution in [-0.4, -0.2) is 102 Å². The molecule has 14 nitrogen and oxygen atoms in total. The molecule has 0 aromatic rings. The summed E-state index contributed by atoms with van der Waals surface area (Å²) in [6.45, 7) is 9.85. The second-order valence-electron chi connectivity index (χ2n) is 14.4. The number of rotatable bonds is 10. The van der Waals surface area contributed by atoms with E-state index in [4.69, 9.17) is 10.5 Å². The third kappa shape index (κ3) is 12.9. The molecule has 2 unspecified atom stereocenters. The lowest BCUT2D eigenvalue weighted by molar-refractivity contribution is -0.157. The molecular formula is C35H62N6O8. The van der Waals surface area contributed by atoms with Gasteiger partial charge in [-0.15, -0.1) is 0 Å². The summed E-state index contributed by atoms with van der Waals surface area (Å²) in [4.78, 5) is 83.1. The lowest BCUT2D eigenvalue weighted by atomic mass is 9.83. The quantitative estimate of drug-likeness (QED) is 0.144. The van der Waals surface area contributed by atoms with E-state index in [-0.39, 0.29) is 11.8 Å². The zero-order valence-electron chi connectivity index (χ0n) is 30.6. The van der Waals surface area contributed by atoms with Crippen molar-refractivity contribution in [2.45, 2.75) is 155 Å². The van der Waals surface area contributed by atoms with Crippen LogP contribution in [0.1, 0.15) is 112 Å². The number of nitrogens with zero attached hydrogens (tertiary/aromatic N) is 1. The van der Waals surface area contributed by atoms with E-state index >= 15 is 0 Å². The number of ether oxygens (including phenoxy) is 1. The Hall–Kier alpha value is -3.26. The standard InChI is InChI=1S/C35H62N6O8/c1-8-9-10-14-17-26-21(4)35(48)41(7)25(18-20(2)3)31(44)40-30(24-15-12-11-13-16-24)34(47)38-28(22(5)36)33(46)39-29(23(6)42)32(45)37-19-27(43)49-26/h20-26,28-30,42H,8-19,36H2,1-7H3,(H,37,45)(H,38,47)(H,39,46)(H,40,44)/t21-,22?,23+,25+,26-,28?,29+,30+/m1/s1. The van der Waals surface area contributed by atoms with Crippen LogP contribution in [0.2, 0.25) is 0 Å². The molecule has 7 N–H and O–H groups in total. The lowest BCUT2D eigenvalue weighted by Gasteiger charge is -2.36. The molecule has 1 aliphatic heterocycles. The van der Waals surface area contributed by atoms with Crippen LogP contribution in [0.25, 0.3) is 0 Å². The molecule has 0 bridgehead atoms. The fourth-order valence-electron chi connectivity index (χ4n) is 6.63. The van der Waals surface area contributed by atoms with Gasteiger partial charge in [-0.1, -0.05) is 66.2 Å². The first-order valence-corrected chi connectivity index (χ1v) is 18.2. The van der Waals surface area contributed by atoms with E-state index < -0.39 is 90.4 Å². The highest BCUT2D eigenvalue weighted by molar-refractivity contribution is 5.96. The number of nitrogens with one attached hydrogen (secondary N) is 4. The minimum absolute atomic E-state index is 0.0178. The van der Waals surface area contributed by atoms with Gasteiger partial charge in [0.05, 0.1) is 12.0 Å². The Kier molecular flexibility index (Phi) is 17.5. The zero-order chi connectivity index (χ0) is 36.8. The highest BCUT2D eigenvalue weighted by Crippen LogP contribution is 2.28. The number of amides is 5. The maximum absolute atomic E-state index is 14.1. The number of aliphatic hydroxyl groups is 1. The van der Waals surface area contributed by atoms with Gasteiger partial charge in [0, 0.05) is 13.1 Å². The maximum atomic E-state index is 14.1. The van der Waals surface area contributed by atoms with Crippen LogP contribution in [0.4, 0.5) is 0 Å². The molecule has 0 radical (unpaired) electrons. The molecule has 280 valence electrons. The fraction of sp³-hybridized carbons (Fsp3) is 0.829. The molecule has 2 aliphatic rings. The summed E-state index contributed by atoms with van der Waals surface area (Å²) in [6, 6.07) is -5.65. The molecule has 14 heteroatoms. The first-order chi connectivity index (χ1) is 23.1. The topological polar surface area (TPSA) is 209 Å². The van der Waals surface area contributed by atoms with Crippen LogP contribution in [0.5, 0.6) is 0 Å². The smallest absolute Gasteiger partial charge is 0.325 e. The summed E-state index contributed by atoms with van der Waals surface area (Å²) in [5, 5.41) is 20.9. The number of likely N-dealkylation sites (N-methyl/N-ethyl adjacent to an activating group) is 1. The van der Waals surface area contributed by atoms with E-state index in [0.717, 1.165) is 38.5 Å². The summed E-state index contributed by atoms with van der Waals surface area (Å²) < 4.78 is 5.77. The van der Waals surface area contributed by atoms with Crippen molar-refractivity contribution < 1.29 is 38.6 Å². The Balaban J connectivity index is 2.59. The Labute approximate surface area is 291 Å². The van der Waals surface area contributed by atoms with Crippen LogP contribution >= 0.6 is 0 Å². The highest BCUT2D eigenvalue weighted by atomic mass is 16.5. The van der Waals surface area contributed by atoms with E-state index in [1.54, 1.807) is 14.0 Å². The van der Waals surface area contributed by atoms with Crippen molar-refractivity contribution in [2.75, 3.05) is 13.6 Å². The van der Waals surface area contributed by atoms with E-state index in [1.807, 2.05) is 13.8 Å². The molecule has 1 saturated carbocycles. The number of aliphatic hydroxyl groups excluding tert-OH is 1. The second-order valence-corrected chi connectivity index (χ2v) is 14.4. The van der Waals surface area contributed by atoms with Gasteiger partial charge in [-0.2, -0.15) is 0 Å². The molecule has 0 spiro atoms. The predicted molar refractivity (Wildman–Crippen MR) is 185 cm³/mol. The van der Waals surface area contributed by atoms with Gasteiger partial charge >= 0.3 is 5.97 Å². The SMILES string of the molecule is CCCCCC[C@H]1OC(=O)CNC(=O)[C@H]([C@H](C)O)NC(=O)C(C(C)N)NC(=O)[C@H](C2CCCCC2)NC(=O)[C@H](CC(C)C)N(C)C(=O)[C@@H]1C. The van der Waals surface area contributed by atoms with Crippen LogP contribution in [0.3, 0.4) is 0 Å². The van der Waals surface area contributed by atoms with Crippen molar-refractivity contribution in [2.24, 2.45) is 23.5 Å². The molecule has 8 atom stereocenters. The van der Waals surface area contributed by atoms with E-state index in [0.29, 0.717) is 32.1 Å². The Morgan fingerprint density at radius 2 is 1.49 bits per heavy atom. The number of carbonyl (C=O) groups excluding carboxylic acids is 6. The van der Waals surface area contributed by atoms with Gasteiger partial charge < -0.3 is 41.7 Å². The van der Waals surface area contributed by atoms with Gasteiger partial charge in [0.2, 0.25) is 29.5 Å². The van der Waals surface area contributed by atoms with E-state index in [1.165, 1.54) is 18.7 Å². The molecule has 49 heavy (non-hydrogen) atoms. The molecular weight excluding hydrogens is 632 g/mol. The van der Waals surface area contributed by atoms with Crippen molar-refractivity contribution in [3.63, 3.8) is 0 Å². The monoisotopic (exact) mass is 694 g/mol. The van der Waals surface area contributed by atoms with Crippen LogP contribution in [0.15, 0.2) is 0 Å². The largest absolute Gasteiger partial charge is 0.460 e. The first-order valence-electron chi connectivity index (χ1n) is 18.2. The van der Waals surface area contributed by atoms with E-state index in [9.17, 15) is 33.9 Å². The van der Waals surface area contributed by atoms with Gasteiger partial charge in [-0.05, 0) is 57.8 Å². The van der Waals surface area contributed by atoms with Gasteiger partial charge in [0.25, 0.3) is 0 Å². The van der Waals surface area contributed by atoms with Crippen LogP contribution < -0.4 is 27.0 Å². The minimum Gasteiger partial charge on any atom is -0.460 e. The normalized spacial score (nSPS) is 29.1. The molecule has 0 aromatic heterocycles. The van der Waals surface area contributed by atoms with Crippen molar-refractivity contribution >= 4 is 35.5 Å². The molecule has 2 fully saturated rings. The Bertz CT molecular complexity index is 1130. The van der Waals surface area contributed by atoms with Crippen molar-refractivity contribution in [3.05, 3.63) is 0 Å². The number of hydrogen-bond acceptors (Lipinski definition) is 9. The van der Waals surface area contributed by atoms with Crippen molar-refractivity contribution in [1.29, 1.82) is 0 Å². The number of carbonyl (C=O) groups is 6. The lowest BCUT2D eigenvalue weighted by Crippen LogP contribution is -2.64. The average Bonchev–Trinajstić information content (AvgIpc) is 3.05. The van der Waals surface area contributed by atoms with Crippen molar-refractivity contribution in [3.8, 4) is 0 Å². The van der Waals surface area contributed by atoms with Crippen LogP contribution in [-0.2, 0) is 33.5 Å². The molecule has 5 amide bonds. The van der Waals surface area contributed by atoms with E-state index in [2.05, 4.69) is 28.2 Å². The highest BCUT2D eigenvalue weighted by Gasteiger charge is 2.40. The fourth-order valence-corrected chi connectivity index (χ4v) is 6.63. The Morgan fingerprint density at radius 3 is 2.06 bits per heavy atom. The molecule has 2 rings (SSSR count). The zero-order valence-corrected chi connectivity index (χ0v) is 30.6. The van der Waals surface area contributed by atoms with Gasteiger partial charge in [-0.3, -0.25) is 28.8 Å². The third-order valence-corrected chi connectivity index (χ3v) is 9.66. The maximum Gasteiger partial charge on any atom is 0.325 e. The molecule has 0 aromatic carbocycles. The number of esters is 1. The molecule has 1 heterocycles. The minimum atomic E-state index is -1.48. The first kappa shape index (κ1) is 41.9. The van der Waals surface area contributed by atoms with Gasteiger partial charge in [-0.25, -0.2) is 0 Å². The number of cyclic esters (lactones) is 1. The third-order valence-electron chi connectivity index (χ3n) is 9.66. The number of hydrogen-bond donors (Lipinski definition) is 6. The summed E-state index contributed by atoms with van der Waals surface area (Å²) in [5.41, 5.74) is 6.14. The summed E-state index contributed by atoms with van der Waals surface area (Å²) in [7, 11) is 1.55. The Morgan fingerprint density at radius 1 is 0.857 bits per heavy atom. The molecule has 1 aliphatic carbocycles. The van der Waals surface area contributed by atoms with Gasteiger partial charge in [0.1, 0.15) is 36.8 Å². The van der Waals surface area contributed by atoms with Gasteiger partial charge in [0.15, 0.2) is 0 Å². The van der Waals surface area contributed by atoms with Crippen molar-refractivity contribution in [1.82, 2.24) is 26.2 Å². The molecule has 1 saturated heterocycles. The summed E-state index contributed by atoms with van der Waals surface area (Å²) in [6.07, 6.45) is 6.17. The summed E-state index contributed by atoms with van der Waals surface area (Å²) >= 11 is 0. The second kappa shape index (κ2) is 20.4.